The molecule has 7 heteroatoms. The van der Waals surface area contributed by atoms with Crippen molar-refractivity contribution in [2.24, 2.45) is 0 Å². The lowest BCUT2D eigenvalue weighted by atomic mass is 10.4. The Labute approximate surface area is 114 Å². The largest absolute Gasteiger partial charge is 0.467 e. The van der Waals surface area contributed by atoms with E-state index in [-0.39, 0.29) is 0 Å². The lowest BCUT2D eigenvalue weighted by Crippen LogP contribution is -2.24. The van der Waals surface area contributed by atoms with Crippen LogP contribution in [-0.2, 0) is 6.54 Å². The first kappa shape index (κ1) is 12.0. The molecule has 0 atom stereocenters. The molecule has 3 rings (SSSR count). The second-order valence-electron chi connectivity index (χ2n) is 4.00. The van der Waals surface area contributed by atoms with Crippen LogP contribution in [0.3, 0.4) is 0 Å². The normalized spacial score (nSPS) is 11.1. The Morgan fingerprint density at radius 1 is 1.47 bits per heavy atom. The van der Waals surface area contributed by atoms with Gasteiger partial charge in [0, 0.05) is 12.6 Å². The molecule has 19 heavy (non-hydrogen) atoms. The fourth-order valence-electron chi connectivity index (χ4n) is 1.94. The van der Waals surface area contributed by atoms with Gasteiger partial charge in [-0.2, -0.15) is 19.6 Å². The standard InChI is InChI=1S/C12H12ClN5O/c1-2-17(7-9-4-3-5-19-9)11-6-10(13)16-12-14-8-15-18(11)12/h3-6,8H,2,7H2,1H3. The van der Waals surface area contributed by atoms with Gasteiger partial charge >= 0.3 is 0 Å². The van der Waals surface area contributed by atoms with Gasteiger partial charge in [0.2, 0.25) is 0 Å². The highest BCUT2D eigenvalue weighted by atomic mass is 35.5. The summed E-state index contributed by atoms with van der Waals surface area (Å²) in [7, 11) is 0. The van der Waals surface area contributed by atoms with E-state index in [1.165, 1.54) is 6.33 Å². The van der Waals surface area contributed by atoms with E-state index in [4.69, 9.17) is 16.0 Å². The number of fused-ring (bicyclic) bond motifs is 1. The predicted octanol–water partition coefficient (Wildman–Crippen LogP) is 2.40. The number of furan rings is 1. The first-order valence-electron chi connectivity index (χ1n) is 5.91. The molecule has 0 amide bonds. The molecule has 0 spiro atoms. The number of hydrogen-bond donors (Lipinski definition) is 0. The van der Waals surface area contributed by atoms with Crippen LogP contribution in [-0.4, -0.2) is 26.1 Å². The van der Waals surface area contributed by atoms with Gasteiger partial charge in [-0.1, -0.05) is 11.6 Å². The highest BCUT2D eigenvalue weighted by Crippen LogP contribution is 2.20. The van der Waals surface area contributed by atoms with E-state index in [9.17, 15) is 0 Å². The van der Waals surface area contributed by atoms with Crippen molar-refractivity contribution < 1.29 is 4.42 Å². The fourth-order valence-corrected chi connectivity index (χ4v) is 2.11. The van der Waals surface area contributed by atoms with Crippen LogP contribution in [0.5, 0.6) is 0 Å². The summed E-state index contributed by atoms with van der Waals surface area (Å²) < 4.78 is 7.04. The van der Waals surface area contributed by atoms with Gasteiger partial charge in [-0.15, -0.1) is 0 Å². The Balaban J connectivity index is 2.03. The molecule has 0 aromatic carbocycles. The summed E-state index contributed by atoms with van der Waals surface area (Å²) in [6, 6.07) is 5.58. The van der Waals surface area contributed by atoms with E-state index in [1.54, 1.807) is 16.8 Å². The van der Waals surface area contributed by atoms with Crippen LogP contribution in [0, 0.1) is 0 Å². The maximum Gasteiger partial charge on any atom is 0.255 e. The minimum atomic E-state index is 0.397. The van der Waals surface area contributed by atoms with Crippen LogP contribution in [0.25, 0.3) is 5.78 Å². The zero-order valence-corrected chi connectivity index (χ0v) is 11.1. The number of nitrogens with zero attached hydrogens (tertiary/aromatic N) is 5. The molecule has 0 radical (unpaired) electrons. The molecule has 0 fully saturated rings. The molecule has 98 valence electrons. The Morgan fingerprint density at radius 3 is 3.11 bits per heavy atom. The van der Waals surface area contributed by atoms with Gasteiger partial charge in [-0.05, 0) is 19.1 Å². The van der Waals surface area contributed by atoms with Gasteiger partial charge in [0.15, 0.2) is 0 Å². The number of hydrogen-bond acceptors (Lipinski definition) is 5. The van der Waals surface area contributed by atoms with E-state index < -0.39 is 0 Å². The minimum Gasteiger partial charge on any atom is -0.467 e. The zero-order chi connectivity index (χ0) is 13.2. The number of halogens is 1. The van der Waals surface area contributed by atoms with Crippen LogP contribution >= 0.6 is 11.6 Å². The summed E-state index contributed by atoms with van der Waals surface area (Å²) >= 11 is 6.02. The van der Waals surface area contributed by atoms with Gasteiger partial charge in [0.25, 0.3) is 5.78 Å². The predicted molar refractivity (Wildman–Crippen MR) is 71.2 cm³/mol. The summed E-state index contributed by atoms with van der Waals surface area (Å²) in [5.74, 6) is 2.20. The van der Waals surface area contributed by atoms with Gasteiger partial charge in [-0.25, -0.2) is 0 Å². The van der Waals surface area contributed by atoms with Crippen molar-refractivity contribution in [3.8, 4) is 0 Å². The van der Waals surface area contributed by atoms with Crippen molar-refractivity contribution in [1.29, 1.82) is 0 Å². The maximum absolute atomic E-state index is 6.02. The minimum absolute atomic E-state index is 0.397. The molecule has 3 aromatic rings. The molecule has 6 nitrogen and oxygen atoms in total. The van der Waals surface area contributed by atoms with Crippen LogP contribution in [0.2, 0.25) is 5.15 Å². The van der Waals surface area contributed by atoms with Gasteiger partial charge in [0.05, 0.1) is 12.8 Å². The molecular formula is C12H12ClN5O. The molecule has 0 saturated heterocycles. The van der Waals surface area contributed by atoms with Crippen LogP contribution in [0.4, 0.5) is 5.82 Å². The van der Waals surface area contributed by atoms with Crippen molar-refractivity contribution >= 4 is 23.2 Å². The molecule has 0 bridgehead atoms. The highest BCUT2D eigenvalue weighted by molar-refractivity contribution is 6.29. The van der Waals surface area contributed by atoms with Crippen LogP contribution in [0.15, 0.2) is 35.2 Å². The Hall–Kier alpha value is -2.08. The number of anilines is 1. The first-order valence-corrected chi connectivity index (χ1v) is 6.29. The van der Waals surface area contributed by atoms with Crippen LogP contribution in [0.1, 0.15) is 12.7 Å². The molecular weight excluding hydrogens is 266 g/mol. The number of aromatic nitrogens is 4. The number of rotatable bonds is 4. The monoisotopic (exact) mass is 277 g/mol. The van der Waals surface area contributed by atoms with E-state index >= 15 is 0 Å². The fraction of sp³-hybridized carbons (Fsp3) is 0.250. The molecule has 0 aliphatic carbocycles. The van der Waals surface area contributed by atoms with E-state index in [1.807, 2.05) is 12.1 Å². The highest BCUT2D eigenvalue weighted by Gasteiger charge is 2.14. The summed E-state index contributed by atoms with van der Waals surface area (Å²) in [6.45, 7) is 3.48. The summed E-state index contributed by atoms with van der Waals surface area (Å²) in [5, 5.41) is 4.57. The van der Waals surface area contributed by atoms with E-state index in [0.29, 0.717) is 17.5 Å². The van der Waals surface area contributed by atoms with Crippen molar-refractivity contribution in [1.82, 2.24) is 19.6 Å². The molecule has 0 aliphatic heterocycles. The molecule has 0 unspecified atom stereocenters. The molecule has 0 saturated carbocycles. The second kappa shape index (κ2) is 4.89. The summed E-state index contributed by atoms with van der Waals surface area (Å²) in [5.41, 5.74) is 0. The maximum atomic E-state index is 6.02. The van der Waals surface area contributed by atoms with Crippen molar-refractivity contribution in [2.75, 3.05) is 11.4 Å². The third-order valence-corrected chi connectivity index (χ3v) is 3.03. The van der Waals surface area contributed by atoms with Gasteiger partial charge in [-0.3, -0.25) is 0 Å². The Bertz CT molecular complexity index is 679. The van der Waals surface area contributed by atoms with Gasteiger partial charge < -0.3 is 9.32 Å². The Kier molecular flexibility index (Phi) is 3.08. The Morgan fingerprint density at radius 2 is 2.37 bits per heavy atom. The molecule has 3 aromatic heterocycles. The third-order valence-electron chi connectivity index (χ3n) is 2.83. The van der Waals surface area contributed by atoms with Gasteiger partial charge in [0.1, 0.15) is 23.1 Å². The first-order chi connectivity index (χ1) is 9.28. The van der Waals surface area contributed by atoms with Crippen molar-refractivity contribution in [3.05, 3.63) is 41.7 Å². The van der Waals surface area contributed by atoms with Crippen LogP contribution < -0.4 is 4.90 Å². The molecule has 0 N–H and O–H groups in total. The SMILES string of the molecule is CCN(Cc1ccco1)c1cc(Cl)nc2ncnn12. The lowest BCUT2D eigenvalue weighted by Gasteiger charge is -2.22. The quantitative estimate of drug-likeness (QED) is 0.685. The average molecular weight is 278 g/mol. The lowest BCUT2D eigenvalue weighted by molar-refractivity contribution is 0.502. The van der Waals surface area contributed by atoms with Crippen molar-refractivity contribution in [2.45, 2.75) is 13.5 Å². The second-order valence-corrected chi connectivity index (χ2v) is 4.39. The average Bonchev–Trinajstić information content (AvgIpc) is 3.05. The third kappa shape index (κ3) is 2.26. The van der Waals surface area contributed by atoms with Crippen molar-refractivity contribution in [3.63, 3.8) is 0 Å². The summed E-state index contributed by atoms with van der Waals surface area (Å²) in [4.78, 5) is 10.3. The topological polar surface area (TPSA) is 59.5 Å². The van der Waals surface area contributed by atoms with E-state index in [0.717, 1.165) is 18.1 Å². The summed E-state index contributed by atoms with van der Waals surface area (Å²) in [6.07, 6.45) is 3.12. The molecule has 0 aliphatic rings. The van der Waals surface area contributed by atoms with E-state index in [2.05, 4.69) is 26.9 Å². The smallest absolute Gasteiger partial charge is 0.255 e. The molecule has 3 heterocycles. The zero-order valence-electron chi connectivity index (χ0n) is 10.3.